The van der Waals surface area contributed by atoms with Gasteiger partial charge in [0, 0.05) is 16.8 Å². The fourth-order valence-corrected chi connectivity index (χ4v) is 6.78. The molecule has 0 bridgehead atoms. The van der Waals surface area contributed by atoms with Gasteiger partial charge in [0.25, 0.3) is 5.56 Å². The van der Waals surface area contributed by atoms with E-state index in [1.807, 2.05) is 97.1 Å². The van der Waals surface area contributed by atoms with Crippen molar-refractivity contribution in [2.45, 2.75) is 5.37 Å². The zero-order valence-corrected chi connectivity index (χ0v) is 24.1. The highest BCUT2D eigenvalue weighted by Gasteiger charge is 2.35. The van der Waals surface area contributed by atoms with Crippen LogP contribution < -0.4 is 15.7 Å². The normalized spacial score (nSPS) is 14.7. The number of aromatic nitrogens is 2. The van der Waals surface area contributed by atoms with E-state index in [0.717, 1.165) is 16.7 Å². The number of nitrogens with zero attached hydrogens (tertiary/aromatic N) is 4. The molecule has 1 unspecified atom stereocenters. The molecule has 6 aromatic rings. The fourth-order valence-electron chi connectivity index (χ4n) is 5.57. The molecule has 1 saturated heterocycles. The first kappa shape index (κ1) is 27.6. The van der Waals surface area contributed by atoms with Gasteiger partial charge in [-0.15, -0.1) is 11.8 Å². The lowest BCUT2D eigenvalue weighted by Gasteiger charge is -2.30. The number of carbonyl (C=O) groups excluding carboxylic acids is 1. The van der Waals surface area contributed by atoms with Gasteiger partial charge in [0.15, 0.2) is 0 Å². The highest BCUT2D eigenvalue weighted by Crippen LogP contribution is 2.45. The van der Waals surface area contributed by atoms with Crippen LogP contribution in [0.1, 0.15) is 10.9 Å². The summed E-state index contributed by atoms with van der Waals surface area (Å²) in [7, 11) is 0. The first-order chi connectivity index (χ1) is 21.5. The Kier molecular flexibility index (Phi) is 7.19. The molecular formula is C35H25N4O4S-. The van der Waals surface area contributed by atoms with Gasteiger partial charge in [0.05, 0.1) is 28.0 Å². The Hall–Kier alpha value is -5.22. The van der Waals surface area contributed by atoms with Gasteiger partial charge in [-0.3, -0.25) is 24.3 Å². The number of hydrogen-bond acceptors (Lipinski definition) is 7. The van der Waals surface area contributed by atoms with Gasteiger partial charge in [0.2, 0.25) is 5.91 Å². The first-order valence-corrected chi connectivity index (χ1v) is 15.0. The molecule has 216 valence electrons. The molecule has 9 heteroatoms. The van der Waals surface area contributed by atoms with Gasteiger partial charge in [-0.1, -0.05) is 84.9 Å². The number of carbonyl (C=O) groups is 1. The summed E-state index contributed by atoms with van der Waals surface area (Å²) in [5.41, 5.74) is 5.28. The van der Waals surface area contributed by atoms with E-state index in [0.29, 0.717) is 33.7 Å². The third kappa shape index (κ3) is 4.92. The minimum atomic E-state index is -0.444. The van der Waals surface area contributed by atoms with Crippen molar-refractivity contribution in [2.75, 3.05) is 15.9 Å². The second kappa shape index (κ2) is 11.5. The summed E-state index contributed by atoms with van der Waals surface area (Å²) in [6.07, 6.45) is 0. The van der Waals surface area contributed by atoms with E-state index in [-0.39, 0.29) is 28.1 Å². The van der Waals surface area contributed by atoms with Crippen molar-refractivity contribution in [3.8, 4) is 28.2 Å². The van der Waals surface area contributed by atoms with Crippen LogP contribution in [0.3, 0.4) is 0 Å². The van der Waals surface area contributed by atoms with Crippen molar-refractivity contribution in [3.05, 3.63) is 149 Å². The molecule has 1 amide bonds. The topological polar surface area (TPSA) is 102 Å². The van der Waals surface area contributed by atoms with Crippen molar-refractivity contribution in [2.24, 2.45) is 0 Å². The van der Waals surface area contributed by atoms with Crippen LogP contribution in [0.5, 0.6) is 0 Å². The first-order valence-electron chi connectivity index (χ1n) is 14.0. The van der Waals surface area contributed by atoms with Gasteiger partial charge in [-0.05, 0) is 53.6 Å². The van der Waals surface area contributed by atoms with E-state index in [1.54, 1.807) is 33.7 Å². The van der Waals surface area contributed by atoms with Crippen LogP contribution in [0.25, 0.3) is 39.1 Å². The molecule has 8 nitrogen and oxygen atoms in total. The number of fused-ring (bicyclic) bond motifs is 1. The minimum absolute atomic E-state index is 0.0778. The number of anilines is 2. The second-order valence-electron chi connectivity index (χ2n) is 10.3. The smallest absolute Gasteiger partial charge is 0.266 e. The summed E-state index contributed by atoms with van der Waals surface area (Å²) in [6.45, 7) is 0. The molecule has 1 aromatic heterocycles. The van der Waals surface area contributed by atoms with Crippen molar-refractivity contribution in [1.82, 2.24) is 9.55 Å². The largest absolute Gasteiger partial charge is 0.733 e. The lowest BCUT2D eigenvalue weighted by molar-refractivity contribution is -0.115. The van der Waals surface area contributed by atoms with E-state index in [4.69, 9.17) is 4.98 Å². The number of rotatable bonds is 6. The molecule has 0 saturated carbocycles. The Morgan fingerprint density at radius 2 is 1.34 bits per heavy atom. The highest BCUT2D eigenvalue weighted by molar-refractivity contribution is 8.00. The molecule has 2 heterocycles. The van der Waals surface area contributed by atoms with Crippen LogP contribution in [0.15, 0.2) is 132 Å². The van der Waals surface area contributed by atoms with Gasteiger partial charge in [-0.25, -0.2) is 4.98 Å². The molecule has 1 aliphatic heterocycles. The SMILES string of the molecule is O=C1CSC(c2ccccc2N([O-])O)N1c1ccc(-c2ccc(-n3c(-c4ccccc4)nc4ccccc4c3=O)cc2)cc1. The lowest BCUT2D eigenvalue weighted by Crippen LogP contribution is -2.28. The Morgan fingerprint density at radius 1 is 0.727 bits per heavy atom. The molecule has 7 rings (SSSR count). The summed E-state index contributed by atoms with van der Waals surface area (Å²) in [6, 6.07) is 39.1. The molecule has 5 aromatic carbocycles. The predicted molar refractivity (Wildman–Crippen MR) is 175 cm³/mol. The van der Waals surface area contributed by atoms with Gasteiger partial charge < -0.3 is 10.4 Å². The molecule has 1 aliphatic rings. The van der Waals surface area contributed by atoms with Crippen LogP contribution >= 0.6 is 11.8 Å². The maximum atomic E-state index is 13.7. The van der Waals surface area contributed by atoms with E-state index in [1.165, 1.54) is 17.8 Å². The summed E-state index contributed by atoms with van der Waals surface area (Å²) < 4.78 is 1.65. The molecule has 0 spiro atoms. The molecule has 0 radical (unpaired) electrons. The van der Waals surface area contributed by atoms with Gasteiger partial charge in [0.1, 0.15) is 11.2 Å². The van der Waals surface area contributed by atoms with Crippen molar-refractivity contribution in [1.29, 1.82) is 0 Å². The summed E-state index contributed by atoms with van der Waals surface area (Å²) in [5, 5.41) is 21.3. The van der Waals surface area contributed by atoms with E-state index >= 15 is 0 Å². The Morgan fingerprint density at radius 3 is 2.05 bits per heavy atom. The Labute approximate surface area is 257 Å². The molecule has 1 N–H and O–H groups in total. The number of para-hydroxylation sites is 2. The van der Waals surface area contributed by atoms with Crippen molar-refractivity contribution < 1.29 is 10.0 Å². The second-order valence-corrected chi connectivity index (χ2v) is 11.4. The quantitative estimate of drug-likeness (QED) is 0.203. The predicted octanol–water partition coefficient (Wildman–Crippen LogP) is 7.19. The summed E-state index contributed by atoms with van der Waals surface area (Å²) in [4.78, 5) is 33.1. The molecule has 1 fully saturated rings. The Bertz CT molecular complexity index is 2050. The maximum absolute atomic E-state index is 13.7. The average molecular weight is 598 g/mol. The van der Waals surface area contributed by atoms with Crippen molar-refractivity contribution in [3.63, 3.8) is 0 Å². The molecular weight excluding hydrogens is 572 g/mol. The standard InChI is InChI=1S/C35H25N4O4S/c40-32-22-44-35(29-11-5-7-13-31(29)39(42)43)37(32)26-18-14-23(15-19-26)24-16-20-27(21-17-24)38-33(25-8-2-1-3-9-25)36-30-12-6-4-10-28(30)34(38)41/h1-21,35,42H,22H2/q-1. The van der Waals surface area contributed by atoms with Gasteiger partial charge in [-0.2, -0.15) is 0 Å². The average Bonchev–Trinajstić information content (AvgIpc) is 3.46. The summed E-state index contributed by atoms with van der Waals surface area (Å²) in [5.74, 6) is 0.753. The number of amides is 1. The van der Waals surface area contributed by atoms with Crippen LogP contribution in [-0.2, 0) is 4.79 Å². The highest BCUT2D eigenvalue weighted by atomic mass is 32.2. The van der Waals surface area contributed by atoms with Crippen LogP contribution in [0.4, 0.5) is 11.4 Å². The molecule has 1 atom stereocenters. The third-order valence-corrected chi connectivity index (χ3v) is 8.88. The van der Waals surface area contributed by atoms with Crippen LogP contribution in [0, 0.1) is 5.21 Å². The monoisotopic (exact) mass is 597 g/mol. The number of thioether (sulfide) groups is 1. The summed E-state index contributed by atoms with van der Waals surface area (Å²) >= 11 is 1.41. The third-order valence-electron chi connectivity index (χ3n) is 7.69. The van der Waals surface area contributed by atoms with Crippen molar-refractivity contribution >= 4 is 39.9 Å². The lowest BCUT2D eigenvalue weighted by atomic mass is 10.0. The fraction of sp³-hybridized carbons (Fsp3) is 0.0571. The zero-order valence-electron chi connectivity index (χ0n) is 23.3. The molecule has 0 aliphatic carbocycles. The van der Waals surface area contributed by atoms with E-state index < -0.39 is 5.37 Å². The van der Waals surface area contributed by atoms with Gasteiger partial charge >= 0.3 is 0 Å². The van der Waals surface area contributed by atoms with Crippen LogP contribution in [0.2, 0.25) is 0 Å². The maximum Gasteiger partial charge on any atom is 0.266 e. The number of hydrogen-bond donors (Lipinski definition) is 1. The number of benzene rings is 5. The molecule has 44 heavy (non-hydrogen) atoms. The Balaban J connectivity index is 1.22. The van der Waals surface area contributed by atoms with Crippen LogP contribution in [-0.4, -0.2) is 26.4 Å². The minimum Gasteiger partial charge on any atom is -0.733 e. The van der Waals surface area contributed by atoms with E-state index in [2.05, 4.69) is 0 Å². The zero-order chi connectivity index (χ0) is 30.2. The van der Waals surface area contributed by atoms with E-state index in [9.17, 15) is 20.0 Å².